The van der Waals surface area contributed by atoms with Crippen LogP contribution in [0.4, 0.5) is 5.69 Å². The molecule has 0 aliphatic heterocycles. The summed E-state index contributed by atoms with van der Waals surface area (Å²) >= 11 is 0. The molecule has 2 heterocycles. The Labute approximate surface area is 142 Å². The van der Waals surface area contributed by atoms with Crippen LogP contribution in [0.1, 0.15) is 48.2 Å². The van der Waals surface area contributed by atoms with Crippen molar-refractivity contribution in [3.8, 4) is 5.88 Å². The van der Waals surface area contributed by atoms with Crippen LogP contribution >= 0.6 is 0 Å². The number of hydrogen-bond donors (Lipinski definition) is 0. The first kappa shape index (κ1) is 16.4. The predicted octanol–water partition coefficient (Wildman–Crippen LogP) is 3.77. The standard InChI is InChI=1S/C19H23N3O2/c1-14-12-16(9-11-20-14)22(2)19(23)15-8-10-21-18(13-15)24-17-6-4-3-5-7-17/h8-13,17H,3-7H2,1-2H3. The molecule has 1 aliphatic carbocycles. The summed E-state index contributed by atoms with van der Waals surface area (Å²) in [6.07, 6.45) is 9.38. The van der Waals surface area contributed by atoms with E-state index in [4.69, 9.17) is 4.74 Å². The fraction of sp³-hybridized carbons (Fsp3) is 0.421. The Morgan fingerprint density at radius 1 is 1.12 bits per heavy atom. The maximum absolute atomic E-state index is 12.7. The average molecular weight is 325 g/mol. The zero-order valence-corrected chi connectivity index (χ0v) is 14.2. The van der Waals surface area contributed by atoms with Gasteiger partial charge in [-0.15, -0.1) is 0 Å². The molecular formula is C19H23N3O2. The van der Waals surface area contributed by atoms with Gasteiger partial charge >= 0.3 is 0 Å². The number of carbonyl (C=O) groups is 1. The van der Waals surface area contributed by atoms with Crippen molar-refractivity contribution in [1.82, 2.24) is 9.97 Å². The molecule has 1 saturated carbocycles. The topological polar surface area (TPSA) is 55.3 Å². The molecule has 126 valence electrons. The molecule has 3 rings (SSSR count). The van der Waals surface area contributed by atoms with Gasteiger partial charge in [-0.3, -0.25) is 9.78 Å². The van der Waals surface area contributed by atoms with Gasteiger partial charge in [0.05, 0.1) is 0 Å². The zero-order valence-electron chi connectivity index (χ0n) is 14.2. The Morgan fingerprint density at radius 2 is 1.88 bits per heavy atom. The van der Waals surface area contributed by atoms with Gasteiger partial charge in [-0.1, -0.05) is 6.42 Å². The van der Waals surface area contributed by atoms with Crippen molar-refractivity contribution in [2.75, 3.05) is 11.9 Å². The van der Waals surface area contributed by atoms with E-state index in [1.165, 1.54) is 19.3 Å². The molecule has 0 aromatic carbocycles. The summed E-state index contributed by atoms with van der Waals surface area (Å²) < 4.78 is 5.96. The van der Waals surface area contributed by atoms with Gasteiger partial charge < -0.3 is 9.64 Å². The lowest BCUT2D eigenvalue weighted by Crippen LogP contribution is -2.26. The highest BCUT2D eigenvalue weighted by atomic mass is 16.5. The summed E-state index contributed by atoms with van der Waals surface area (Å²) in [6, 6.07) is 7.17. The Morgan fingerprint density at radius 3 is 2.62 bits per heavy atom. The number of pyridine rings is 2. The number of hydrogen-bond acceptors (Lipinski definition) is 4. The van der Waals surface area contributed by atoms with Crippen molar-refractivity contribution in [3.63, 3.8) is 0 Å². The smallest absolute Gasteiger partial charge is 0.258 e. The van der Waals surface area contributed by atoms with E-state index in [2.05, 4.69) is 9.97 Å². The molecule has 24 heavy (non-hydrogen) atoms. The van der Waals surface area contributed by atoms with Crippen LogP contribution in [0.5, 0.6) is 5.88 Å². The third kappa shape index (κ3) is 3.91. The van der Waals surface area contributed by atoms with Gasteiger partial charge in [-0.2, -0.15) is 0 Å². The third-order valence-electron chi connectivity index (χ3n) is 4.39. The van der Waals surface area contributed by atoms with Crippen molar-refractivity contribution >= 4 is 11.6 Å². The number of aromatic nitrogens is 2. The minimum atomic E-state index is -0.0866. The Balaban J connectivity index is 1.73. The quantitative estimate of drug-likeness (QED) is 0.858. The number of nitrogens with zero attached hydrogens (tertiary/aromatic N) is 3. The van der Waals surface area contributed by atoms with Gasteiger partial charge in [0.25, 0.3) is 5.91 Å². The number of aryl methyl sites for hydroxylation is 1. The van der Waals surface area contributed by atoms with E-state index in [0.29, 0.717) is 11.4 Å². The Bertz CT molecular complexity index is 711. The second-order valence-corrected chi connectivity index (χ2v) is 6.28. The molecule has 2 aromatic rings. The summed E-state index contributed by atoms with van der Waals surface area (Å²) in [5, 5.41) is 0. The van der Waals surface area contributed by atoms with Gasteiger partial charge in [-0.25, -0.2) is 4.98 Å². The van der Waals surface area contributed by atoms with Crippen LogP contribution in [-0.4, -0.2) is 29.0 Å². The van der Waals surface area contributed by atoms with E-state index < -0.39 is 0 Å². The third-order valence-corrected chi connectivity index (χ3v) is 4.39. The maximum atomic E-state index is 12.7. The average Bonchev–Trinajstić information content (AvgIpc) is 2.61. The van der Waals surface area contributed by atoms with E-state index in [0.717, 1.165) is 24.2 Å². The number of anilines is 1. The van der Waals surface area contributed by atoms with Gasteiger partial charge in [0, 0.05) is 42.5 Å². The van der Waals surface area contributed by atoms with E-state index in [1.54, 1.807) is 36.5 Å². The Kier molecular flexibility index (Phi) is 5.08. The molecule has 0 spiro atoms. The molecule has 1 fully saturated rings. The molecule has 0 bridgehead atoms. The van der Waals surface area contributed by atoms with Crippen molar-refractivity contribution in [2.45, 2.75) is 45.1 Å². The molecule has 0 N–H and O–H groups in total. The molecule has 1 amide bonds. The molecule has 0 radical (unpaired) electrons. The lowest BCUT2D eigenvalue weighted by Gasteiger charge is -2.23. The monoisotopic (exact) mass is 325 g/mol. The SMILES string of the molecule is Cc1cc(N(C)C(=O)c2ccnc(OC3CCCCC3)c2)ccn1. The summed E-state index contributed by atoms with van der Waals surface area (Å²) in [5.41, 5.74) is 2.27. The molecule has 1 aliphatic rings. The zero-order chi connectivity index (χ0) is 16.9. The highest BCUT2D eigenvalue weighted by Crippen LogP contribution is 2.23. The summed E-state index contributed by atoms with van der Waals surface area (Å²) in [6.45, 7) is 1.91. The second-order valence-electron chi connectivity index (χ2n) is 6.28. The highest BCUT2D eigenvalue weighted by Gasteiger charge is 2.18. The number of amides is 1. The van der Waals surface area contributed by atoms with Gasteiger partial charge in [0.15, 0.2) is 0 Å². The molecule has 5 nitrogen and oxygen atoms in total. The number of ether oxygens (including phenoxy) is 1. The van der Waals surface area contributed by atoms with Crippen molar-refractivity contribution in [3.05, 3.63) is 47.9 Å². The van der Waals surface area contributed by atoms with Crippen molar-refractivity contribution in [1.29, 1.82) is 0 Å². The lowest BCUT2D eigenvalue weighted by atomic mass is 9.98. The lowest BCUT2D eigenvalue weighted by molar-refractivity contribution is 0.0991. The fourth-order valence-corrected chi connectivity index (χ4v) is 3.01. The van der Waals surface area contributed by atoms with Gasteiger partial charge in [-0.05, 0) is 50.8 Å². The van der Waals surface area contributed by atoms with Gasteiger partial charge in [0.2, 0.25) is 5.88 Å². The van der Waals surface area contributed by atoms with Crippen molar-refractivity contribution < 1.29 is 9.53 Å². The molecule has 0 unspecified atom stereocenters. The predicted molar refractivity (Wildman–Crippen MR) is 93.4 cm³/mol. The van der Waals surface area contributed by atoms with Crippen LogP contribution in [0.15, 0.2) is 36.7 Å². The van der Waals surface area contributed by atoms with E-state index >= 15 is 0 Å². The normalized spacial score (nSPS) is 15.1. The number of rotatable bonds is 4. The minimum Gasteiger partial charge on any atom is -0.474 e. The van der Waals surface area contributed by atoms with Gasteiger partial charge in [0.1, 0.15) is 6.10 Å². The molecule has 5 heteroatoms. The molecule has 0 atom stereocenters. The van der Waals surface area contributed by atoms with Crippen LogP contribution in [0, 0.1) is 6.92 Å². The molecule has 2 aromatic heterocycles. The van der Waals surface area contributed by atoms with Crippen LogP contribution in [-0.2, 0) is 0 Å². The highest BCUT2D eigenvalue weighted by molar-refractivity contribution is 6.05. The molecule has 0 saturated heterocycles. The summed E-state index contributed by atoms with van der Waals surface area (Å²) in [7, 11) is 1.76. The van der Waals surface area contributed by atoms with E-state index in [-0.39, 0.29) is 12.0 Å². The minimum absolute atomic E-state index is 0.0866. The van der Waals surface area contributed by atoms with Crippen LogP contribution in [0.3, 0.4) is 0 Å². The first-order valence-corrected chi connectivity index (χ1v) is 8.47. The fourth-order valence-electron chi connectivity index (χ4n) is 3.01. The first-order valence-electron chi connectivity index (χ1n) is 8.47. The largest absolute Gasteiger partial charge is 0.474 e. The van der Waals surface area contributed by atoms with Crippen LogP contribution < -0.4 is 9.64 Å². The van der Waals surface area contributed by atoms with Crippen LogP contribution in [0.25, 0.3) is 0 Å². The second kappa shape index (κ2) is 7.43. The van der Waals surface area contributed by atoms with E-state index in [1.807, 2.05) is 19.1 Å². The molecular weight excluding hydrogens is 302 g/mol. The van der Waals surface area contributed by atoms with E-state index in [9.17, 15) is 4.79 Å². The van der Waals surface area contributed by atoms with Crippen molar-refractivity contribution in [2.24, 2.45) is 0 Å². The number of carbonyl (C=O) groups excluding carboxylic acids is 1. The van der Waals surface area contributed by atoms with Crippen LogP contribution in [0.2, 0.25) is 0 Å². The summed E-state index contributed by atoms with van der Waals surface area (Å²) in [5.74, 6) is 0.448. The maximum Gasteiger partial charge on any atom is 0.258 e. The first-order chi connectivity index (χ1) is 11.6. The summed E-state index contributed by atoms with van der Waals surface area (Å²) in [4.78, 5) is 22.8. The Hall–Kier alpha value is -2.43.